The van der Waals surface area contributed by atoms with Gasteiger partial charge in [0.05, 0.1) is 24.9 Å². The molecule has 17 heavy (non-hydrogen) atoms. The summed E-state index contributed by atoms with van der Waals surface area (Å²) in [6.07, 6.45) is 0. The van der Waals surface area contributed by atoms with Crippen LogP contribution in [0.25, 0.3) is 11.3 Å². The van der Waals surface area contributed by atoms with Gasteiger partial charge in [0.15, 0.2) is 0 Å². The summed E-state index contributed by atoms with van der Waals surface area (Å²) >= 11 is 1.70. The van der Waals surface area contributed by atoms with Crippen LogP contribution in [0.3, 0.4) is 0 Å². The maximum absolute atomic E-state index is 5.46. The lowest BCUT2D eigenvalue weighted by Gasteiger charge is -2.21. The molecule has 1 aromatic carbocycles. The van der Waals surface area contributed by atoms with Crippen molar-refractivity contribution >= 4 is 11.3 Å². The van der Waals surface area contributed by atoms with Gasteiger partial charge in [0.1, 0.15) is 5.01 Å². The summed E-state index contributed by atoms with van der Waals surface area (Å²) in [5, 5.41) is 6.65. The molecule has 88 valence electrons. The smallest absolute Gasteiger partial charge is 0.113 e. The van der Waals surface area contributed by atoms with E-state index in [1.807, 2.05) is 18.2 Å². The fourth-order valence-electron chi connectivity index (χ4n) is 1.91. The van der Waals surface area contributed by atoms with Crippen LogP contribution in [0, 0.1) is 0 Å². The van der Waals surface area contributed by atoms with Crippen LogP contribution in [-0.4, -0.2) is 24.7 Å². The van der Waals surface area contributed by atoms with E-state index >= 15 is 0 Å². The topological polar surface area (TPSA) is 34.1 Å². The molecule has 0 bridgehead atoms. The van der Waals surface area contributed by atoms with Crippen molar-refractivity contribution in [2.75, 3.05) is 19.8 Å². The number of hydrogen-bond donors (Lipinski definition) is 1. The predicted molar refractivity (Wildman–Crippen MR) is 69.1 cm³/mol. The van der Waals surface area contributed by atoms with Crippen molar-refractivity contribution in [2.45, 2.75) is 6.04 Å². The van der Waals surface area contributed by atoms with Crippen LogP contribution in [0.4, 0.5) is 0 Å². The number of nitrogens with one attached hydrogen (secondary N) is 1. The van der Waals surface area contributed by atoms with Crippen molar-refractivity contribution in [1.29, 1.82) is 0 Å². The van der Waals surface area contributed by atoms with E-state index in [9.17, 15) is 0 Å². The van der Waals surface area contributed by atoms with Crippen molar-refractivity contribution in [3.63, 3.8) is 0 Å². The number of thiazole rings is 1. The lowest BCUT2D eigenvalue weighted by atomic mass is 10.2. The average molecular weight is 246 g/mol. The van der Waals surface area contributed by atoms with Crippen LogP contribution < -0.4 is 5.32 Å². The molecule has 1 fully saturated rings. The standard InChI is InChI=1S/C13H14N2OS/c1-2-4-10(5-3-1)12-9-17-13(15-12)11-8-16-7-6-14-11/h1-5,9,11,14H,6-8H2. The number of aromatic nitrogens is 1. The normalized spacial score (nSPS) is 20.4. The molecule has 3 rings (SSSR count). The van der Waals surface area contributed by atoms with E-state index in [1.54, 1.807) is 11.3 Å². The van der Waals surface area contributed by atoms with E-state index in [1.165, 1.54) is 5.56 Å². The summed E-state index contributed by atoms with van der Waals surface area (Å²) in [4.78, 5) is 4.68. The van der Waals surface area contributed by atoms with E-state index < -0.39 is 0 Å². The van der Waals surface area contributed by atoms with Gasteiger partial charge in [-0.25, -0.2) is 4.98 Å². The van der Waals surface area contributed by atoms with E-state index in [2.05, 4.69) is 27.8 Å². The third-order valence-electron chi connectivity index (χ3n) is 2.81. The van der Waals surface area contributed by atoms with Crippen LogP contribution in [0.15, 0.2) is 35.7 Å². The second-order valence-electron chi connectivity index (χ2n) is 4.02. The molecule has 0 saturated carbocycles. The summed E-state index contributed by atoms with van der Waals surface area (Å²) in [5.74, 6) is 0. The Labute approximate surface area is 104 Å². The van der Waals surface area contributed by atoms with Crippen molar-refractivity contribution in [2.24, 2.45) is 0 Å². The first-order valence-electron chi connectivity index (χ1n) is 5.75. The molecule has 1 aliphatic rings. The summed E-state index contributed by atoms with van der Waals surface area (Å²) in [6, 6.07) is 10.5. The number of hydrogen-bond acceptors (Lipinski definition) is 4. The average Bonchev–Trinajstić information content (AvgIpc) is 2.90. The maximum atomic E-state index is 5.46. The monoisotopic (exact) mass is 246 g/mol. The summed E-state index contributed by atoms with van der Waals surface area (Å²) in [5.41, 5.74) is 2.23. The van der Waals surface area contributed by atoms with Crippen LogP contribution >= 0.6 is 11.3 Å². The van der Waals surface area contributed by atoms with Crippen molar-refractivity contribution < 1.29 is 4.74 Å². The van der Waals surface area contributed by atoms with Gasteiger partial charge in [0, 0.05) is 17.5 Å². The minimum atomic E-state index is 0.256. The Hall–Kier alpha value is -1.23. The van der Waals surface area contributed by atoms with Gasteiger partial charge < -0.3 is 10.1 Å². The molecule has 0 amide bonds. The quantitative estimate of drug-likeness (QED) is 0.884. The lowest BCUT2D eigenvalue weighted by Crippen LogP contribution is -2.34. The highest BCUT2D eigenvalue weighted by atomic mass is 32.1. The molecule has 2 aromatic rings. The van der Waals surface area contributed by atoms with E-state index in [4.69, 9.17) is 4.74 Å². The van der Waals surface area contributed by atoms with E-state index in [0.717, 1.165) is 30.5 Å². The highest BCUT2D eigenvalue weighted by Gasteiger charge is 2.18. The minimum Gasteiger partial charge on any atom is -0.378 e. The zero-order chi connectivity index (χ0) is 11.5. The van der Waals surface area contributed by atoms with Crippen LogP contribution in [0.2, 0.25) is 0 Å². The Morgan fingerprint density at radius 2 is 2.18 bits per heavy atom. The third-order valence-corrected chi connectivity index (χ3v) is 3.77. The zero-order valence-corrected chi connectivity index (χ0v) is 10.2. The molecule has 0 spiro atoms. The molecular formula is C13H14N2OS. The Morgan fingerprint density at radius 1 is 1.29 bits per heavy atom. The molecule has 1 N–H and O–H groups in total. The molecular weight excluding hydrogens is 232 g/mol. The van der Waals surface area contributed by atoms with Gasteiger partial charge in [-0.3, -0.25) is 0 Å². The van der Waals surface area contributed by atoms with Gasteiger partial charge in [-0.1, -0.05) is 30.3 Å². The van der Waals surface area contributed by atoms with Gasteiger partial charge >= 0.3 is 0 Å². The predicted octanol–water partition coefficient (Wildman–Crippen LogP) is 2.47. The van der Waals surface area contributed by atoms with Crippen molar-refractivity contribution in [3.05, 3.63) is 40.7 Å². The molecule has 0 aliphatic carbocycles. The Balaban J connectivity index is 1.83. The van der Waals surface area contributed by atoms with Gasteiger partial charge in [0.2, 0.25) is 0 Å². The molecule has 1 unspecified atom stereocenters. The van der Waals surface area contributed by atoms with Gasteiger partial charge in [-0.05, 0) is 0 Å². The number of rotatable bonds is 2. The number of morpholine rings is 1. The zero-order valence-electron chi connectivity index (χ0n) is 9.43. The summed E-state index contributed by atoms with van der Waals surface area (Å²) in [7, 11) is 0. The first kappa shape index (κ1) is 10.9. The fourth-order valence-corrected chi connectivity index (χ4v) is 2.80. The Bertz CT molecular complexity index is 477. The molecule has 0 radical (unpaired) electrons. The minimum absolute atomic E-state index is 0.256. The first-order chi connectivity index (χ1) is 8.43. The Morgan fingerprint density at radius 3 is 2.94 bits per heavy atom. The molecule has 1 aromatic heterocycles. The lowest BCUT2D eigenvalue weighted by molar-refractivity contribution is 0.0768. The van der Waals surface area contributed by atoms with Gasteiger partial charge in [-0.15, -0.1) is 11.3 Å². The van der Waals surface area contributed by atoms with Crippen LogP contribution in [0.5, 0.6) is 0 Å². The molecule has 3 nitrogen and oxygen atoms in total. The molecule has 1 atom stereocenters. The van der Waals surface area contributed by atoms with Crippen molar-refractivity contribution in [3.8, 4) is 11.3 Å². The largest absolute Gasteiger partial charge is 0.378 e. The summed E-state index contributed by atoms with van der Waals surface area (Å²) < 4.78 is 5.46. The summed E-state index contributed by atoms with van der Waals surface area (Å²) in [6.45, 7) is 2.43. The SMILES string of the molecule is c1ccc(-c2csc(C3COCCN3)n2)cc1. The first-order valence-corrected chi connectivity index (χ1v) is 6.63. The Kier molecular flexibility index (Phi) is 3.18. The maximum Gasteiger partial charge on any atom is 0.113 e. The van der Waals surface area contributed by atoms with E-state index in [-0.39, 0.29) is 6.04 Å². The molecule has 1 saturated heterocycles. The van der Waals surface area contributed by atoms with Crippen molar-refractivity contribution in [1.82, 2.24) is 10.3 Å². The van der Waals surface area contributed by atoms with E-state index in [0.29, 0.717) is 0 Å². The number of benzene rings is 1. The van der Waals surface area contributed by atoms with Crippen LogP contribution in [0.1, 0.15) is 11.0 Å². The molecule has 1 aliphatic heterocycles. The van der Waals surface area contributed by atoms with Gasteiger partial charge in [0.25, 0.3) is 0 Å². The fraction of sp³-hybridized carbons (Fsp3) is 0.308. The second-order valence-corrected chi connectivity index (χ2v) is 4.91. The number of ether oxygens (including phenoxy) is 1. The molecule has 4 heteroatoms. The van der Waals surface area contributed by atoms with Gasteiger partial charge in [-0.2, -0.15) is 0 Å². The number of nitrogens with zero attached hydrogens (tertiary/aromatic N) is 1. The highest BCUT2D eigenvalue weighted by Crippen LogP contribution is 2.26. The second kappa shape index (κ2) is 4.96. The third kappa shape index (κ3) is 2.39. The highest BCUT2D eigenvalue weighted by molar-refractivity contribution is 7.10. The molecule has 2 heterocycles. The van der Waals surface area contributed by atoms with Crippen LogP contribution in [-0.2, 0) is 4.74 Å².